The smallest absolute Gasteiger partial charge is 0.247 e. The van der Waals surface area contributed by atoms with Crippen LogP contribution in [0.15, 0.2) is 60.8 Å². The Kier molecular flexibility index (Phi) is 5.01. The summed E-state index contributed by atoms with van der Waals surface area (Å²) in [5.41, 5.74) is 4.05. The number of fused-ring (bicyclic) bond motifs is 1. The van der Waals surface area contributed by atoms with Gasteiger partial charge in [-0.15, -0.1) is 5.10 Å². The van der Waals surface area contributed by atoms with Gasteiger partial charge in [0.05, 0.1) is 6.20 Å². The molecule has 0 aliphatic carbocycles. The highest BCUT2D eigenvalue weighted by Gasteiger charge is 2.20. The molecule has 0 saturated carbocycles. The fourth-order valence-electron chi connectivity index (χ4n) is 3.52. The summed E-state index contributed by atoms with van der Waals surface area (Å²) < 4.78 is 0. The molecule has 0 saturated heterocycles. The van der Waals surface area contributed by atoms with Crippen molar-refractivity contribution < 1.29 is 0 Å². The third-order valence-electron chi connectivity index (χ3n) is 5.07. The van der Waals surface area contributed by atoms with Crippen LogP contribution in [0.1, 0.15) is 30.5 Å². The van der Waals surface area contributed by atoms with Crippen LogP contribution in [0.4, 0.5) is 11.8 Å². The molecule has 5 heteroatoms. The van der Waals surface area contributed by atoms with Gasteiger partial charge >= 0.3 is 0 Å². The zero-order valence-corrected chi connectivity index (χ0v) is 15.9. The topological polar surface area (TPSA) is 45.2 Å². The van der Waals surface area contributed by atoms with Gasteiger partial charge in [0.25, 0.3) is 0 Å². The summed E-state index contributed by atoms with van der Waals surface area (Å²) in [6.45, 7) is 6.92. The van der Waals surface area contributed by atoms with Gasteiger partial charge in [-0.25, -0.2) is 0 Å². The summed E-state index contributed by atoms with van der Waals surface area (Å²) >= 11 is 0. The second-order valence-electron chi connectivity index (χ2n) is 7.26. The number of anilines is 2. The van der Waals surface area contributed by atoms with Crippen molar-refractivity contribution in [1.29, 1.82) is 0 Å². The van der Waals surface area contributed by atoms with E-state index in [1.165, 1.54) is 16.7 Å². The Morgan fingerprint density at radius 3 is 2.52 bits per heavy atom. The Bertz CT molecular complexity index is 894. The van der Waals surface area contributed by atoms with Gasteiger partial charge in [0.1, 0.15) is 0 Å². The minimum Gasteiger partial charge on any atom is -0.350 e. The van der Waals surface area contributed by atoms with Crippen molar-refractivity contribution in [2.45, 2.75) is 39.4 Å². The lowest BCUT2D eigenvalue weighted by Gasteiger charge is -2.31. The number of hydrogen-bond acceptors (Lipinski definition) is 5. The molecule has 0 N–H and O–H groups in total. The molecule has 0 fully saturated rings. The van der Waals surface area contributed by atoms with Crippen LogP contribution in [0.2, 0.25) is 0 Å². The Labute approximate surface area is 160 Å². The average Bonchev–Trinajstić information content (AvgIpc) is 2.72. The third kappa shape index (κ3) is 3.92. The van der Waals surface area contributed by atoms with E-state index in [-0.39, 0.29) is 6.04 Å². The molecule has 0 amide bonds. The minimum absolute atomic E-state index is 0.282. The van der Waals surface area contributed by atoms with Crippen LogP contribution in [0.5, 0.6) is 0 Å². The molecule has 1 aliphatic rings. The van der Waals surface area contributed by atoms with E-state index in [0.29, 0.717) is 5.95 Å². The van der Waals surface area contributed by atoms with E-state index in [0.717, 1.165) is 31.9 Å². The van der Waals surface area contributed by atoms with E-state index in [2.05, 4.69) is 82.4 Å². The molecule has 0 spiro atoms. The summed E-state index contributed by atoms with van der Waals surface area (Å²) in [4.78, 5) is 9.36. The maximum Gasteiger partial charge on any atom is 0.247 e. The van der Waals surface area contributed by atoms with Crippen molar-refractivity contribution in [2.75, 3.05) is 16.3 Å². The van der Waals surface area contributed by atoms with Crippen molar-refractivity contribution in [1.82, 2.24) is 15.2 Å². The molecule has 1 aromatic heterocycles. The molecule has 0 unspecified atom stereocenters. The van der Waals surface area contributed by atoms with Crippen molar-refractivity contribution in [3.05, 3.63) is 77.5 Å². The largest absolute Gasteiger partial charge is 0.350 e. The highest BCUT2D eigenvalue weighted by Crippen LogP contribution is 2.24. The van der Waals surface area contributed by atoms with Crippen LogP contribution in [-0.2, 0) is 19.5 Å². The van der Waals surface area contributed by atoms with Crippen molar-refractivity contribution in [3.8, 4) is 0 Å². The van der Waals surface area contributed by atoms with E-state index in [1.54, 1.807) is 6.20 Å². The predicted octanol–water partition coefficient (Wildman–Crippen LogP) is 3.85. The molecule has 27 heavy (non-hydrogen) atoms. The van der Waals surface area contributed by atoms with Crippen molar-refractivity contribution in [3.63, 3.8) is 0 Å². The second-order valence-corrected chi connectivity index (χ2v) is 7.26. The van der Waals surface area contributed by atoms with Gasteiger partial charge < -0.3 is 9.80 Å². The van der Waals surface area contributed by atoms with Crippen molar-refractivity contribution >= 4 is 11.8 Å². The first kappa shape index (κ1) is 17.5. The van der Waals surface area contributed by atoms with E-state index < -0.39 is 0 Å². The van der Waals surface area contributed by atoms with Crippen LogP contribution in [0.25, 0.3) is 0 Å². The molecule has 3 aromatic rings. The van der Waals surface area contributed by atoms with E-state index in [4.69, 9.17) is 4.98 Å². The molecule has 4 rings (SSSR count). The Hall–Kier alpha value is -2.95. The molecule has 0 bridgehead atoms. The minimum atomic E-state index is 0.282. The molecule has 138 valence electrons. The highest BCUT2D eigenvalue weighted by atomic mass is 15.4. The van der Waals surface area contributed by atoms with Crippen LogP contribution in [-0.4, -0.2) is 27.8 Å². The first-order valence-electron chi connectivity index (χ1n) is 9.53. The van der Waals surface area contributed by atoms with Gasteiger partial charge in [0.15, 0.2) is 5.82 Å². The summed E-state index contributed by atoms with van der Waals surface area (Å²) in [7, 11) is 0. The van der Waals surface area contributed by atoms with E-state index in [1.807, 2.05) is 6.07 Å². The predicted molar refractivity (Wildman–Crippen MR) is 109 cm³/mol. The molecule has 0 atom stereocenters. The standard InChI is InChI=1S/C22H25N5/c1-17(2)27(15-18-8-4-3-5-9-18)22-24-21(14-23-25-22)26-13-12-19-10-6-7-11-20(19)16-26/h3-11,14,17H,12-13,15-16H2,1-2H3. The second kappa shape index (κ2) is 7.74. The highest BCUT2D eigenvalue weighted by molar-refractivity contribution is 5.46. The quantitative estimate of drug-likeness (QED) is 0.692. The number of nitrogens with zero attached hydrogens (tertiary/aromatic N) is 5. The fraction of sp³-hybridized carbons (Fsp3) is 0.318. The normalized spacial score (nSPS) is 13.5. The summed E-state index contributed by atoms with van der Waals surface area (Å²) in [5, 5.41) is 8.60. The Balaban J connectivity index is 1.58. The van der Waals surface area contributed by atoms with E-state index >= 15 is 0 Å². The Morgan fingerprint density at radius 2 is 1.74 bits per heavy atom. The fourth-order valence-corrected chi connectivity index (χ4v) is 3.52. The number of rotatable bonds is 5. The van der Waals surface area contributed by atoms with Gasteiger partial charge in [0, 0.05) is 25.7 Å². The lowest BCUT2D eigenvalue weighted by Crippen LogP contribution is -2.34. The summed E-state index contributed by atoms with van der Waals surface area (Å²) in [5.74, 6) is 1.58. The maximum absolute atomic E-state index is 4.87. The number of aromatic nitrogens is 3. The first-order valence-corrected chi connectivity index (χ1v) is 9.53. The van der Waals surface area contributed by atoms with Gasteiger partial charge in [-0.3, -0.25) is 0 Å². The van der Waals surface area contributed by atoms with Gasteiger partial charge in [-0.05, 0) is 37.0 Å². The van der Waals surface area contributed by atoms with Crippen LogP contribution >= 0.6 is 0 Å². The van der Waals surface area contributed by atoms with Crippen LogP contribution in [0.3, 0.4) is 0 Å². The summed E-state index contributed by atoms with van der Waals surface area (Å²) in [6, 6.07) is 19.4. The zero-order valence-electron chi connectivity index (χ0n) is 15.9. The van der Waals surface area contributed by atoms with E-state index in [9.17, 15) is 0 Å². The molecular formula is C22H25N5. The number of benzene rings is 2. The Morgan fingerprint density at radius 1 is 1.00 bits per heavy atom. The SMILES string of the molecule is CC(C)N(Cc1ccccc1)c1nncc(N2CCc3ccccc3C2)n1. The monoisotopic (exact) mass is 359 g/mol. The third-order valence-corrected chi connectivity index (χ3v) is 5.07. The molecule has 2 heterocycles. The van der Waals surface area contributed by atoms with Gasteiger partial charge in [0.2, 0.25) is 5.95 Å². The van der Waals surface area contributed by atoms with Gasteiger partial charge in [-0.1, -0.05) is 54.6 Å². The van der Waals surface area contributed by atoms with Crippen LogP contribution in [0, 0.1) is 0 Å². The lowest BCUT2D eigenvalue weighted by molar-refractivity contribution is 0.645. The average molecular weight is 359 g/mol. The zero-order chi connectivity index (χ0) is 18.6. The summed E-state index contributed by atoms with van der Waals surface area (Å²) in [6.07, 6.45) is 2.81. The molecule has 2 aromatic carbocycles. The first-order chi connectivity index (χ1) is 13.2. The van der Waals surface area contributed by atoms with Gasteiger partial charge in [-0.2, -0.15) is 10.1 Å². The molecule has 5 nitrogen and oxygen atoms in total. The van der Waals surface area contributed by atoms with Crippen molar-refractivity contribution in [2.24, 2.45) is 0 Å². The molecule has 1 aliphatic heterocycles. The number of hydrogen-bond donors (Lipinski definition) is 0. The molecule has 0 radical (unpaired) electrons. The maximum atomic E-state index is 4.87. The molecular weight excluding hydrogens is 334 g/mol. The van der Waals surface area contributed by atoms with Crippen LogP contribution < -0.4 is 9.80 Å². The lowest BCUT2D eigenvalue weighted by atomic mass is 10.0.